The molecule has 2 N–H and O–H groups in total. The molecule has 0 aliphatic carbocycles. The molecule has 0 bridgehead atoms. The van der Waals surface area contributed by atoms with E-state index in [-0.39, 0.29) is 22.9 Å². The summed E-state index contributed by atoms with van der Waals surface area (Å²) in [6.45, 7) is 2.91. The van der Waals surface area contributed by atoms with Gasteiger partial charge in [0.25, 0.3) is 0 Å². The first kappa shape index (κ1) is 18.7. The first-order valence-corrected chi connectivity index (χ1v) is 7.81. The average molecular weight is 371 g/mol. The minimum absolute atomic E-state index is 0.0653. The molecule has 134 valence electrons. The Morgan fingerprint density at radius 3 is 2.64 bits per heavy atom. The lowest BCUT2D eigenvalue weighted by Crippen LogP contribution is -2.50. The molecule has 7 nitrogen and oxygen atoms in total. The number of nitrogens with one attached hydrogen (secondary N) is 2. The highest BCUT2D eigenvalue weighted by Gasteiger charge is 2.30. The first-order chi connectivity index (χ1) is 11.8. The average Bonchev–Trinajstić information content (AvgIpc) is 2.52. The van der Waals surface area contributed by atoms with Gasteiger partial charge in [0, 0.05) is 0 Å². The number of amides is 2. The summed E-state index contributed by atoms with van der Waals surface area (Å²) in [6, 6.07) is 2.57. The number of urea groups is 1. The molecule has 0 aromatic heterocycles. The lowest BCUT2D eigenvalue weighted by Gasteiger charge is -2.26. The molecule has 1 aliphatic rings. The number of carbonyl (C=O) groups is 3. The number of carbonyl (C=O) groups excluding carboxylic acids is 3. The van der Waals surface area contributed by atoms with Gasteiger partial charge in [0.1, 0.15) is 18.0 Å². The second-order valence-corrected chi connectivity index (χ2v) is 5.51. The summed E-state index contributed by atoms with van der Waals surface area (Å²) in [7, 11) is 0. The van der Waals surface area contributed by atoms with Crippen LogP contribution in [-0.4, -0.2) is 37.2 Å². The fourth-order valence-corrected chi connectivity index (χ4v) is 2.54. The molecule has 1 aromatic carbocycles. The summed E-state index contributed by atoms with van der Waals surface area (Å²) in [6.07, 6.45) is 0. The van der Waals surface area contributed by atoms with Gasteiger partial charge >= 0.3 is 18.0 Å². The zero-order chi connectivity index (χ0) is 18.6. The predicted molar refractivity (Wildman–Crippen MR) is 86.5 cm³/mol. The molecule has 2 amide bonds. The lowest BCUT2D eigenvalue weighted by atomic mass is 10.0. The fourth-order valence-electron chi connectivity index (χ4n) is 2.30. The summed E-state index contributed by atoms with van der Waals surface area (Å²) in [5.74, 6) is -2.50. The summed E-state index contributed by atoms with van der Waals surface area (Å²) >= 11 is 5.81. The Kier molecular flexibility index (Phi) is 5.97. The molecule has 25 heavy (non-hydrogen) atoms. The summed E-state index contributed by atoms with van der Waals surface area (Å²) in [5, 5.41) is 4.80. The van der Waals surface area contributed by atoms with E-state index in [2.05, 4.69) is 10.6 Å². The number of halogens is 2. The quantitative estimate of drug-likeness (QED) is 0.775. The van der Waals surface area contributed by atoms with Crippen LogP contribution in [0, 0.1) is 5.82 Å². The van der Waals surface area contributed by atoms with Gasteiger partial charge in [-0.05, 0) is 26.0 Å². The van der Waals surface area contributed by atoms with Gasteiger partial charge in [-0.15, -0.1) is 0 Å². The Morgan fingerprint density at radius 1 is 1.28 bits per heavy atom. The number of hydrogen-bond donors (Lipinski definition) is 2. The van der Waals surface area contributed by atoms with Gasteiger partial charge in [-0.25, -0.2) is 18.8 Å². The van der Waals surface area contributed by atoms with Crippen molar-refractivity contribution in [2.24, 2.45) is 0 Å². The molecule has 1 atom stereocenters. The fraction of sp³-hybridized carbons (Fsp3) is 0.312. The number of ether oxygens (including phenoxy) is 2. The molecule has 0 unspecified atom stereocenters. The zero-order valence-corrected chi connectivity index (χ0v) is 14.3. The van der Waals surface area contributed by atoms with Crippen molar-refractivity contribution in [3.05, 3.63) is 45.9 Å². The van der Waals surface area contributed by atoms with Crippen molar-refractivity contribution in [3.8, 4) is 0 Å². The number of esters is 2. The van der Waals surface area contributed by atoms with Gasteiger partial charge in [-0.1, -0.05) is 17.7 Å². The van der Waals surface area contributed by atoms with E-state index in [4.69, 9.17) is 21.1 Å². The van der Waals surface area contributed by atoms with Crippen LogP contribution in [0.15, 0.2) is 29.5 Å². The molecule has 2 rings (SSSR count). The molecule has 9 heteroatoms. The van der Waals surface area contributed by atoms with E-state index in [1.807, 2.05) is 0 Å². The summed E-state index contributed by atoms with van der Waals surface area (Å²) in [5.41, 5.74) is -0.236. The van der Waals surface area contributed by atoms with Crippen molar-refractivity contribution in [3.63, 3.8) is 0 Å². The lowest BCUT2D eigenvalue weighted by molar-refractivity contribution is -0.139. The molecule has 0 saturated heterocycles. The van der Waals surface area contributed by atoms with Crippen molar-refractivity contribution >= 4 is 29.6 Å². The minimum Gasteiger partial charge on any atom is -0.463 e. The van der Waals surface area contributed by atoms with Gasteiger partial charge in [0.2, 0.25) is 0 Å². The second-order valence-electron chi connectivity index (χ2n) is 5.11. The van der Waals surface area contributed by atoms with Crippen molar-refractivity contribution in [1.82, 2.24) is 10.6 Å². The van der Waals surface area contributed by atoms with Crippen molar-refractivity contribution in [2.45, 2.75) is 19.9 Å². The second kappa shape index (κ2) is 7.98. The third-order valence-corrected chi connectivity index (χ3v) is 3.69. The monoisotopic (exact) mass is 370 g/mol. The van der Waals surface area contributed by atoms with E-state index in [1.165, 1.54) is 12.1 Å². The molecule has 1 aliphatic heterocycles. The van der Waals surface area contributed by atoms with Gasteiger partial charge in [0.15, 0.2) is 0 Å². The summed E-state index contributed by atoms with van der Waals surface area (Å²) < 4.78 is 23.7. The third-order valence-electron chi connectivity index (χ3n) is 3.38. The van der Waals surface area contributed by atoms with Crippen LogP contribution >= 0.6 is 11.6 Å². The highest BCUT2D eigenvalue weighted by Crippen LogP contribution is 2.21. The maximum absolute atomic E-state index is 13.7. The Balaban J connectivity index is 2.23. The topological polar surface area (TPSA) is 93.7 Å². The van der Waals surface area contributed by atoms with E-state index in [1.54, 1.807) is 13.8 Å². The largest absolute Gasteiger partial charge is 0.463 e. The maximum atomic E-state index is 13.7. The normalized spacial score (nSPS) is 16.8. The molecule has 0 saturated carbocycles. The number of hydrogen-bond acceptors (Lipinski definition) is 5. The molecule has 0 spiro atoms. The van der Waals surface area contributed by atoms with Crippen LogP contribution in [0.4, 0.5) is 9.18 Å². The molecule has 1 heterocycles. The van der Waals surface area contributed by atoms with Crippen molar-refractivity contribution < 1.29 is 28.2 Å². The molecule has 0 radical (unpaired) electrons. The van der Waals surface area contributed by atoms with Gasteiger partial charge in [-0.3, -0.25) is 0 Å². The van der Waals surface area contributed by atoms with Crippen LogP contribution < -0.4 is 10.6 Å². The first-order valence-electron chi connectivity index (χ1n) is 7.44. The van der Waals surface area contributed by atoms with Crippen LogP contribution in [-0.2, 0) is 14.3 Å². The standard InChI is InChI=1S/C16H16ClFN2O5/c1-3-24-14(21)12-8(2)19-16(23)20-11(12)7-25-15(22)13-9(17)5-4-6-10(13)18/h4-6,8H,3,7H2,1-2H3,(H2,19,20,23)/t8-/m0/s1. The minimum atomic E-state index is -1.01. The molecular weight excluding hydrogens is 355 g/mol. The van der Waals surface area contributed by atoms with E-state index in [9.17, 15) is 18.8 Å². The van der Waals surface area contributed by atoms with E-state index < -0.39 is 42.0 Å². The van der Waals surface area contributed by atoms with Gasteiger partial charge < -0.3 is 20.1 Å². The van der Waals surface area contributed by atoms with Crippen LogP contribution in [0.3, 0.4) is 0 Å². The molecule has 1 aromatic rings. The SMILES string of the molecule is CCOC(=O)C1=C(COC(=O)c2c(F)cccc2Cl)NC(=O)N[C@H]1C. The zero-order valence-electron chi connectivity index (χ0n) is 13.5. The smallest absolute Gasteiger partial charge is 0.343 e. The number of benzene rings is 1. The van der Waals surface area contributed by atoms with Gasteiger partial charge in [-0.2, -0.15) is 0 Å². The summed E-state index contributed by atoms with van der Waals surface area (Å²) in [4.78, 5) is 35.7. The van der Waals surface area contributed by atoms with Crippen LogP contribution in [0.5, 0.6) is 0 Å². The van der Waals surface area contributed by atoms with Crippen LogP contribution in [0.25, 0.3) is 0 Å². The van der Waals surface area contributed by atoms with E-state index in [0.717, 1.165) is 6.07 Å². The van der Waals surface area contributed by atoms with E-state index in [0.29, 0.717) is 0 Å². The van der Waals surface area contributed by atoms with Crippen molar-refractivity contribution in [1.29, 1.82) is 0 Å². The third kappa shape index (κ3) is 4.27. The molecule has 0 fully saturated rings. The number of rotatable bonds is 5. The van der Waals surface area contributed by atoms with E-state index >= 15 is 0 Å². The molecular formula is C16H16ClFN2O5. The maximum Gasteiger partial charge on any atom is 0.343 e. The van der Waals surface area contributed by atoms with Crippen LogP contribution in [0.2, 0.25) is 5.02 Å². The van der Waals surface area contributed by atoms with Gasteiger partial charge in [0.05, 0.1) is 28.9 Å². The Morgan fingerprint density at radius 2 is 2.00 bits per heavy atom. The Hall–Kier alpha value is -2.61. The van der Waals surface area contributed by atoms with Crippen molar-refractivity contribution in [2.75, 3.05) is 13.2 Å². The predicted octanol–water partition coefficient (Wildman–Crippen LogP) is 2.15. The highest BCUT2D eigenvalue weighted by molar-refractivity contribution is 6.33. The highest BCUT2D eigenvalue weighted by atomic mass is 35.5. The Labute approximate surface area is 148 Å². The Bertz CT molecular complexity index is 730. The van der Waals surface area contributed by atoms with Crippen LogP contribution in [0.1, 0.15) is 24.2 Å².